The lowest BCUT2D eigenvalue weighted by atomic mass is 9.69. The van der Waals surface area contributed by atoms with E-state index in [1.165, 1.54) is 18.4 Å². The molecule has 1 atom stereocenters. The van der Waals surface area contributed by atoms with E-state index in [1.807, 2.05) is 25.2 Å². The summed E-state index contributed by atoms with van der Waals surface area (Å²) in [6.07, 6.45) is 4.48. The van der Waals surface area contributed by atoms with Crippen molar-refractivity contribution in [2.45, 2.75) is 39.2 Å². The molecule has 1 fully saturated rings. The van der Waals surface area contributed by atoms with Crippen molar-refractivity contribution >= 4 is 5.82 Å². The molecule has 1 aromatic rings. The van der Waals surface area contributed by atoms with E-state index >= 15 is 0 Å². The zero-order valence-corrected chi connectivity index (χ0v) is 12.2. The smallest absolute Gasteiger partial charge is 0.127 e. The van der Waals surface area contributed by atoms with E-state index in [0.717, 1.165) is 12.4 Å². The molecule has 2 heterocycles. The number of nitrogens with one attached hydrogen (secondary N) is 1. The minimum atomic E-state index is 0.0742. The Bertz CT molecular complexity index is 395. The van der Waals surface area contributed by atoms with Gasteiger partial charge in [-0.1, -0.05) is 26.8 Å². The first-order valence-electron chi connectivity index (χ1n) is 6.76. The standard InChI is InChI=1S/C15H25N3/c1-14(2,3)15(9-6-10-17-15)12-7-8-13(16-11-12)18(4)5/h7-8,11,17H,6,9-10H2,1-5H3. The van der Waals surface area contributed by atoms with Crippen molar-refractivity contribution in [2.24, 2.45) is 5.41 Å². The highest BCUT2D eigenvalue weighted by Crippen LogP contribution is 2.45. The Labute approximate surface area is 111 Å². The number of pyridine rings is 1. The molecule has 0 saturated carbocycles. The third-order valence-electron chi connectivity index (χ3n) is 4.13. The first-order chi connectivity index (χ1) is 8.37. The van der Waals surface area contributed by atoms with Gasteiger partial charge in [-0.05, 0) is 36.4 Å². The van der Waals surface area contributed by atoms with Crippen molar-refractivity contribution in [3.63, 3.8) is 0 Å². The second-order valence-electron chi connectivity index (χ2n) is 6.49. The summed E-state index contributed by atoms with van der Waals surface area (Å²) in [5, 5.41) is 3.72. The fourth-order valence-electron chi connectivity index (χ4n) is 2.97. The summed E-state index contributed by atoms with van der Waals surface area (Å²) in [5.41, 5.74) is 1.59. The van der Waals surface area contributed by atoms with E-state index in [4.69, 9.17) is 0 Å². The first kappa shape index (κ1) is 13.3. The minimum Gasteiger partial charge on any atom is -0.363 e. The SMILES string of the molecule is CN(C)c1ccc(C2(C(C)(C)C)CCCN2)cn1. The summed E-state index contributed by atoms with van der Waals surface area (Å²) in [6.45, 7) is 8.04. The van der Waals surface area contributed by atoms with Crippen LogP contribution in [-0.2, 0) is 5.54 Å². The zero-order valence-electron chi connectivity index (χ0n) is 12.2. The highest BCUT2D eigenvalue weighted by molar-refractivity contribution is 5.39. The highest BCUT2D eigenvalue weighted by Gasteiger charge is 2.45. The van der Waals surface area contributed by atoms with Crippen LogP contribution >= 0.6 is 0 Å². The number of aromatic nitrogens is 1. The summed E-state index contributed by atoms with van der Waals surface area (Å²) < 4.78 is 0. The minimum absolute atomic E-state index is 0.0742. The number of rotatable bonds is 2. The Hall–Kier alpha value is -1.09. The van der Waals surface area contributed by atoms with Crippen molar-refractivity contribution < 1.29 is 0 Å². The number of anilines is 1. The molecule has 0 amide bonds. The van der Waals surface area contributed by atoms with E-state index in [1.54, 1.807) is 0 Å². The fourth-order valence-corrected chi connectivity index (χ4v) is 2.97. The van der Waals surface area contributed by atoms with Crippen LogP contribution in [-0.4, -0.2) is 25.6 Å². The maximum absolute atomic E-state index is 4.57. The van der Waals surface area contributed by atoms with Gasteiger partial charge in [0.05, 0.1) is 0 Å². The lowest BCUT2D eigenvalue weighted by molar-refractivity contribution is 0.160. The van der Waals surface area contributed by atoms with Crippen molar-refractivity contribution in [2.75, 3.05) is 25.5 Å². The van der Waals surface area contributed by atoms with Gasteiger partial charge in [-0.25, -0.2) is 4.98 Å². The van der Waals surface area contributed by atoms with Crippen molar-refractivity contribution in [3.8, 4) is 0 Å². The molecule has 1 aliphatic heterocycles. The van der Waals surface area contributed by atoms with Gasteiger partial charge >= 0.3 is 0 Å². The van der Waals surface area contributed by atoms with Gasteiger partial charge in [-0.15, -0.1) is 0 Å². The topological polar surface area (TPSA) is 28.2 Å². The molecule has 18 heavy (non-hydrogen) atoms. The summed E-state index contributed by atoms with van der Waals surface area (Å²) in [4.78, 5) is 6.60. The molecule has 1 unspecified atom stereocenters. The Balaban J connectivity index is 2.38. The lowest BCUT2D eigenvalue weighted by Crippen LogP contribution is -2.48. The van der Waals surface area contributed by atoms with E-state index < -0.39 is 0 Å². The van der Waals surface area contributed by atoms with Crippen LogP contribution in [0.5, 0.6) is 0 Å². The van der Waals surface area contributed by atoms with Crippen LogP contribution in [0.25, 0.3) is 0 Å². The normalized spacial score (nSPS) is 24.3. The molecule has 3 nitrogen and oxygen atoms in total. The van der Waals surface area contributed by atoms with Gasteiger partial charge in [0.25, 0.3) is 0 Å². The fraction of sp³-hybridized carbons (Fsp3) is 0.667. The molecule has 1 N–H and O–H groups in total. The van der Waals surface area contributed by atoms with Crippen LogP contribution in [0.2, 0.25) is 0 Å². The van der Waals surface area contributed by atoms with Gasteiger partial charge in [-0.3, -0.25) is 0 Å². The van der Waals surface area contributed by atoms with Crippen LogP contribution in [0.15, 0.2) is 18.3 Å². The van der Waals surface area contributed by atoms with E-state index in [2.05, 4.69) is 43.2 Å². The molecule has 0 spiro atoms. The number of hydrogen-bond donors (Lipinski definition) is 1. The molecule has 1 saturated heterocycles. The summed E-state index contributed by atoms with van der Waals surface area (Å²) in [7, 11) is 4.05. The average Bonchev–Trinajstić information content (AvgIpc) is 2.78. The van der Waals surface area contributed by atoms with E-state index in [0.29, 0.717) is 0 Å². The number of nitrogens with zero attached hydrogens (tertiary/aromatic N) is 2. The predicted octanol–water partition coefficient (Wildman–Crippen LogP) is 2.77. The van der Waals surface area contributed by atoms with E-state index in [9.17, 15) is 0 Å². The van der Waals surface area contributed by atoms with Gasteiger partial charge in [0.1, 0.15) is 5.82 Å². The molecule has 0 aromatic carbocycles. The molecule has 2 rings (SSSR count). The summed E-state index contributed by atoms with van der Waals surface area (Å²) >= 11 is 0. The third-order valence-corrected chi connectivity index (χ3v) is 4.13. The van der Waals surface area contributed by atoms with Crippen LogP contribution in [0.4, 0.5) is 5.82 Å². The molecule has 0 aliphatic carbocycles. The molecule has 100 valence electrons. The Morgan fingerprint density at radius 2 is 2.00 bits per heavy atom. The van der Waals surface area contributed by atoms with Gasteiger partial charge < -0.3 is 10.2 Å². The third kappa shape index (κ3) is 2.12. The molecule has 3 heteroatoms. The molecular weight excluding hydrogens is 222 g/mol. The maximum Gasteiger partial charge on any atom is 0.127 e. The Morgan fingerprint density at radius 1 is 1.28 bits per heavy atom. The lowest BCUT2D eigenvalue weighted by Gasteiger charge is -2.42. The monoisotopic (exact) mass is 247 g/mol. The zero-order chi connectivity index (χ0) is 13.4. The largest absolute Gasteiger partial charge is 0.363 e. The molecule has 1 aromatic heterocycles. The first-order valence-corrected chi connectivity index (χ1v) is 6.76. The van der Waals surface area contributed by atoms with Gasteiger partial charge in [0.2, 0.25) is 0 Å². The molecule has 0 radical (unpaired) electrons. The molecular formula is C15H25N3. The van der Waals surface area contributed by atoms with Gasteiger partial charge in [0.15, 0.2) is 0 Å². The van der Waals surface area contributed by atoms with E-state index in [-0.39, 0.29) is 11.0 Å². The summed E-state index contributed by atoms with van der Waals surface area (Å²) in [5.74, 6) is 1.01. The van der Waals surface area contributed by atoms with Crippen LogP contribution in [0.1, 0.15) is 39.2 Å². The molecule has 1 aliphatic rings. The van der Waals surface area contributed by atoms with Gasteiger partial charge in [0, 0.05) is 25.8 Å². The Kier molecular flexibility index (Phi) is 3.37. The maximum atomic E-state index is 4.57. The second-order valence-corrected chi connectivity index (χ2v) is 6.49. The Morgan fingerprint density at radius 3 is 2.39 bits per heavy atom. The van der Waals surface area contributed by atoms with Gasteiger partial charge in [-0.2, -0.15) is 0 Å². The predicted molar refractivity (Wildman–Crippen MR) is 76.9 cm³/mol. The van der Waals surface area contributed by atoms with Crippen LogP contribution in [0.3, 0.4) is 0 Å². The van der Waals surface area contributed by atoms with Crippen LogP contribution < -0.4 is 10.2 Å². The van der Waals surface area contributed by atoms with Crippen molar-refractivity contribution in [1.29, 1.82) is 0 Å². The van der Waals surface area contributed by atoms with Crippen molar-refractivity contribution in [3.05, 3.63) is 23.9 Å². The quantitative estimate of drug-likeness (QED) is 0.871. The van der Waals surface area contributed by atoms with Crippen molar-refractivity contribution in [1.82, 2.24) is 10.3 Å². The average molecular weight is 247 g/mol. The highest BCUT2D eigenvalue weighted by atomic mass is 15.1. The van der Waals surface area contributed by atoms with Crippen LogP contribution in [0, 0.1) is 5.41 Å². The second kappa shape index (κ2) is 4.54. The molecule has 0 bridgehead atoms. The number of hydrogen-bond acceptors (Lipinski definition) is 3. The summed E-state index contributed by atoms with van der Waals surface area (Å²) in [6, 6.07) is 4.34.